The Labute approximate surface area is 111 Å². The van der Waals surface area contributed by atoms with Crippen molar-refractivity contribution in [3.05, 3.63) is 29.6 Å². The molecule has 1 amide bonds. The number of hydrogen-bond donors (Lipinski definition) is 1. The number of hydrogen-bond acceptors (Lipinski definition) is 2. The van der Waals surface area contributed by atoms with Crippen LogP contribution in [0.2, 0.25) is 0 Å². The molecule has 3 nitrogen and oxygen atoms in total. The van der Waals surface area contributed by atoms with E-state index in [-0.39, 0.29) is 17.1 Å². The molecule has 0 heterocycles. The van der Waals surface area contributed by atoms with Crippen LogP contribution in [0.25, 0.3) is 0 Å². The Kier molecular flexibility index (Phi) is 5.56. The Morgan fingerprint density at radius 3 is 2.63 bits per heavy atom. The van der Waals surface area contributed by atoms with E-state index < -0.39 is 31.1 Å². The van der Waals surface area contributed by atoms with Crippen LogP contribution >= 0.6 is 11.6 Å². The summed E-state index contributed by atoms with van der Waals surface area (Å²) in [5.41, 5.74) is 0.261. The summed E-state index contributed by atoms with van der Waals surface area (Å²) in [6.07, 6.45) is -4.44. The molecule has 1 N–H and O–H groups in total. The van der Waals surface area contributed by atoms with Crippen LogP contribution in [-0.4, -0.2) is 24.6 Å². The zero-order valence-electron chi connectivity index (χ0n) is 9.56. The minimum atomic E-state index is -4.44. The fraction of sp³-hybridized carbons (Fsp3) is 0.364. The van der Waals surface area contributed by atoms with Crippen molar-refractivity contribution >= 4 is 23.2 Å². The van der Waals surface area contributed by atoms with Crippen LogP contribution in [0.1, 0.15) is 5.56 Å². The van der Waals surface area contributed by atoms with Crippen LogP contribution in [-0.2, 0) is 16.1 Å². The summed E-state index contributed by atoms with van der Waals surface area (Å²) >= 11 is 5.27. The molecule has 0 unspecified atom stereocenters. The highest BCUT2D eigenvalue weighted by atomic mass is 35.5. The number of halogens is 5. The maximum Gasteiger partial charge on any atom is 0.411 e. The molecule has 0 spiro atoms. The number of nitrogens with one attached hydrogen (secondary N) is 1. The van der Waals surface area contributed by atoms with E-state index in [1.165, 1.54) is 6.07 Å². The van der Waals surface area contributed by atoms with Gasteiger partial charge in [0.1, 0.15) is 18.3 Å². The minimum absolute atomic E-state index is 0.0350. The zero-order valence-corrected chi connectivity index (χ0v) is 10.3. The van der Waals surface area contributed by atoms with Crippen molar-refractivity contribution < 1.29 is 27.1 Å². The molecule has 0 aliphatic heterocycles. The summed E-state index contributed by atoms with van der Waals surface area (Å²) < 4.78 is 53.2. The molecule has 0 aliphatic carbocycles. The van der Waals surface area contributed by atoms with Crippen molar-refractivity contribution in [3.63, 3.8) is 0 Å². The van der Waals surface area contributed by atoms with Crippen LogP contribution in [0.3, 0.4) is 0 Å². The second-order valence-corrected chi connectivity index (χ2v) is 3.86. The van der Waals surface area contributed by atoms with Gasteiger partial charge in [0, 0.05) is 11.3 Å². The molecule has 8 heteroatoms. The third kappa shape index (κ3) is 5.89. The molecule has 0 saturated carbocycles. The lowest BCUT2D eigenvalue weighted by Gasteiger charge is -2.12. The number of anilines is 1. The smallest absolute Gasteiger partial charge is 0.367 e. The summed E-state index contributed by atoms with van der Waals surface area (Å²) in [5.74, 6) is -1.58. The number of benzene rings is 1. The first-order valence-electron chi connectivity index (χ1n) is 5.10. The van der Waals surface area contributed by atoms with E-state index in [0.29, 0.717) is 0 Å². The van der Waals surface area contributed by atoms with E-state index in [2.05, 4.69) is 10.1 Å². The van der Waals surface area contributed by atoms with Gasteiger partial charge in [0.05, 0.1) is 6.61 Å². The van der Waals surface area contributed by atoms with Gasteiger partial charge in [-0.25, -0.2) is 4.39 Å². The molecule has 19 heavy (non-hydrogen) atoms. The number of alkyl halides is 4. The van der Waals surface area contributed by atoms with Crippen molar-refractivity contribution in [2.45, 2.75) is 12.8 Å². The molecular weight excluding hydrogens is 290 g/mol. The van der Waals surface area contributed by atoms with Gasteiger partial charge >= 0.3 is 6.18 Å². The third-order valence-electron chi connectivity index (χ3n) is 1.99. The van der Waals surface area contributed by atoms with Gasteiger partial charge in [-0.2, -0.15) is 13.2 Å². The summed E-state index contributed by atoms with van der Waals surface area (Å²) in [6, 6.07) is 3.27. The first kappa shape index (κ1) is 15.7. The van der Waals surface area contributed by atoms with Gasteiger partial charge in [0.25, 0.3) is 0 Å². The molecule has 106 valence electrons. The summed E-state index contributed by atoms with van der Waals surface area (Å²) in [4.78, 5) is 11.1. The fourth-order valence-electron chi connectivity index (χ4n) is 1.25. The third-order valence-corrected chi connectivity index (χ3v) is 2.23. The molecule has 0 bridgehead atoms. The summed E-state index contributed by atoms with van der Waals surface area (Å²) in [5, 5.41) is 2.28. The number of ether oxygens (including phenoxy) is 1. The van der Waals surface area contributed by atoms with Gasteiger partial charge in [-0.3, -0.25) is 4.79 Å². The van der Waals surface area contributed by atoms with E-state index in [9.17, 15) is 22.4 Å². The second kappa shape index (κ2) is 6.72. The molecule has 1 aromatic carbocycles. The average Bonchev–Trinajstić information content (AvgIpc) is 2.30. The number of amides is 1. The van der Waals surface area contributed by atoms with Gasteiger partial charge in [-0.15, -0.1) is 11.6 Å². The SMILES string of the molecule is O=C(CCl)Nc1cc(F)ccc1COCC(F)(F)F. The molecule has 1 rings (SSSR count). The van der Waals surface area contributed by atoms with Crippen LogP contribution < -0.4 is 5.32 Å². The summed E-state index contributed by atoms with van der Waals surface area (Å²) in [6.45, 7) is -1.83. The van der Waals surface area contributed by atoms with Crippen molar-refractivity contribution in [2.24, 2.45) is 0 Å². The molecule has 0 atom stereocenters. The molecule has 0 aliphatic rings. The predicted molar refractivity (Wildman–Crippen MR) is 61.5 cm³/mol. The lowest BCUT2D eigenvalue weighted by molar-refractivity contribution is -0.176. The van der Waals surface area contributed by atoms with Crippen LogP contribution in [0.15, 0.2) is 18.2 Å². The van der Waals surface area contributed by atoms with Gasteiger partial charge in [-0.1, -0.05) is 6.07 Å². The molecule has 0 fully saturated rings. The first-order valence-corrected chi connectivity index (χ1v) is 5.64. The Bertz CT molecular complexity index is 451. The Morgan fingerprint density at radius 2 is 2.05 bits per heavy atom. The maximum absolute atomic E-state index is 13.0. The largest absolute Gasteiger partial charge is 0.411 e. The van der Waals surface area contributed by atoms with Gasteiger partial charge in [-0.05, 0) is 12.1 Å². The highest BCUT2D eigenvalue weighted by Crippen LogP contribution is 2.20. The van der Waals surface area contributed by atoms with Crippen LogP contribution in [0, 0.1) is 5.82 Å². The molecule has 0 saturated heterocycles. The minimum Gasteiger partial charge on any atom is -0.367 e. The van der Waals surface area contributed by atoms with Crippen molar-refractivity contribution in [3.8, 4) is 0 Å². The number of carbonyl (C=O) groups excluding carboxylic acids is 1. The second-order valence-electron chi connectivity index (χ2n) is 3.59. The number of carbonyl (C=O) groups is 1. The van der Waals surface area contributed by atoms with Crippen LogP contribution in [0.5, 0.6) is 0 Å². The Hall–Kier alpha value is -1.34. The standard InChI is InChI=1S/C11H10ClF4NO2/c12-4-10(18)17-9-3-8(13)2-1-7(9)5-19-6-11(14,15)16/h1-3H,4-6H2,(H,17,18). The van der Waals surface area contributed by atoms with Crippen LogP contribution in [0.4, 0.5) is 23.2 Å². The van der Waals surface area contributed by atoms with E-state index in [4.69, 9.17) is 11.6 Å². The molecule has 0 radical (unpaired) electrons. The predicted octanol–water partition coefficient (Wildman–Crippen LogP) is 3.08. The molecular formula is C11H10ClF4NO2. The average molecular weight is 300 g/mol. The summed E-state index contributed by atoms with van der Waals surface area (Å²) in [7, 11) is 0. The van der Waals surface area contributed by atoms with Crippen molar-refractivity contribution in [2.75, 3.05) is 17.8 Å². The Balaban J connectivity index is 2.73. The van der Waals surface area contributed by atoms with Crippen molar-refractivity contribution in [1.82, 2.24) is 0 Å². The van der Waals surface area contributed by atoms with E-state index in [1.807, 2.05) is 0 Å². The first-order chi connectivity index (χ1) is 8.81. The van der Waals surface area contributed by atoms with Gasteiger partial charge in [0.15, 0.2) is 0 Å². The zero-order chi connectivity index (χ0) is 14.5. The van der Waals surface area contributed by atoms with E-state index >= 15 is 0 Å². The lowest BCUT2D eigenvalue weighted by atomic mass is 10.2. The highest BCUT2D eigenvalue weighted by Gasteiger charge is 2.27. The fourth-order valence-corrected chi connectivity index (χ4v) is 1.32. The van der Waals surface area contributed by atoms with E-state index in [1.54, 1.807) is 0 Å². The maximum atomic E-state index is 13.0. The normalized spacial score (nSPS) is 11.4. The molecule has 1 aromatic rings. The lowest BCUT2D eigenvalue weighted by Crippen LogP contribution is -2.18. The monoisotopic (exact) mass is 299 g/mol. The topological polar surface area (TPSA) is 38.3 Å². The van der Waals surface area contributed by atoms with Crippen molar-refractivity contribution in [1.29, 1.82) is 0 Å². The quantitative estimate of drug-likeness (QED) is 0.670. The Morgan fingerprint density at radius 1 is 1.37 bits per heavy atom. The number of rotatable bonds is 5. The van der Waals surface area contributed by atoms with Gasteiger partial charge in [0.2, 0.25) is 5.91 Å². The molecule has 0 aromatic heterocycles. The van der Waals surface area contributed by atoms with E-state index in [0.717, 1.165) is 12.1 Å². The van der Waals surface area contributed by atoms with Gasteiger partial charge < -0.3 is 10.1 Å². The highest BCUT2D eigenvalue weighted by molar-refractivity contribution is 6.29.